The van der Waals surface area contributed by atoms with Gasteiger partial charge in [-0.3, -0.25) is 0 Å². The summed E-state index contributed by atoms with van der Waals surface area (Å²) in [7, 11) is 2.21. The molecule has 3 rings (SSSR count). The second-order valence-electron chi connectivity index (χ2n) is 5.38. The molecule has 0 saturated carbocycles. The summed E-state index contributed by atoms with van der Waals surface area (Å²) in [6.45, 7) is 3.15. The summed E-state index contributed by atoms with van der Waals surface area (Å²) >= 11 is 1.78. The van der Waals surface area contributed by atoms with Crippen LogP contribution in [-0.4, -0.2) is 24.5 Å². The van der Waals surface area contributed by atoms with Gasteiger partial charge in [0.2, 0.25) is 0 Å². The van der Waals surface area contributed by atoms with Crippen molar-refractivity contribution in [1.82, 2.24) is 10.2 Å². The molecule has 1 aliphatic heterocycles. The van der Waals surface area contributed by atoms with Crippen molar-refractivity contribution in [3.05, 3.63) is 57.8 Å². The van der Waals surface area contributed by atoms with Gasteiger partial charge in [0.1, 0.15) is 0 Å². The van der Waals surface area contributed by atoms with E-state index in [-0.39, 0.29) is 0 Å². The lowest BCUT2D eigenvalue weighted by molar-refractivity contribution is 0.274. The molecule has 1 aliphatic rings. The van der Waals surface area contributed by atoms with E-state index >= 15 is 0 Å². The highest BCUT2D eigenvalue weighted by atomic mass is 32.1. The predicted octanol–water partition coefficient (Wildman–Crippen LogP) is 2.89. The standard InChI is InChI=1S/C16H20N2S/c1-18(10-13-6-7-19-12-13)11-16-8-14-4-2-3-5-15(14)9-17-16/h2-7,12,16-17H,8-11H2,1H3. The van der Waals surface area contributed by atoms with Gasteiger partial charge in [0, 0.05) is 25.7 Å². The van der Waals surface area contributed by atoms with Crippen molar-refractivity contribution >= 4 is 11.3 Å². The molecule has 2 nitrogen and oxygen atoms in total. The molecule has 3 heteroatoms. The van der Waals surface area contributed by atoms with Gasteiger partial charge in [-0.2, -0.15) is 11.3 Å². The van der Waals surface area contributed by atoms with Crippen LogP contribution in [0.2, 0.25) is 0 Å². The zero-order valence-electron chi connectivity index (χ0n) is 11.3. The SMILES string of the molecule is CN(Cc1ccsc1)CC1Cc2ccccc2CN1. The topological polar surface area (TPSA) is 15.3 Å². The van der Waals surface area contributed by atoms with E-state index in [1.165, 1.54) is 16.7 Å². The number of nitrogens with zero attached hydrogens (tertiary/aromatic N) is 1. The van der Waals surface area contributed by atoms with E-state index in [0.29, 0.717) is 6.04 Å². The first-order valence-corrected chi connectivity index (χ1v) is 7.75. The van der Waals surface area contributed by atoms with Gasteiger partial charge < -0.3 is 10.2 Å². The van der Waals surface area contributed by atoms with Crippen LogP contribution in [-0.2, 0) is 19.5 Å². The number of benzene rings is 1. The zero-order valence-corrected chi connectivity index (χ0v) is 12.1. The first-order chi connectivity index (χ1) is 9.31. The van der Waals surface area contributed by atoms with Gasteiger partial charge in [-0.1, -0.05) is 24.3 Å². The first-order valence-electron chi connectivity index (χ1n) is 6.81. The van der Waals surface area contributed by atoms with E-state index in [2.05, 4.69) is 58.4 Å². The average Bonchev–Trinajstić information content (AvgIpc) is 2.91. The molecule has 0 amide bonds. The molecule has 0 aliphatic carbocycles. The summed E-state index contributed by atoms with van der Waals surface area (Å²) in [6, 6.07) is 11.6. The molecule has 2 heterocycles. The van der Waals surface area contributed by atoms with Crippen molar-refractivity contribution in [3.8, 4) is 0 Å². The fraction of sp³-hybridized carbons (Fsp3) is 0.375. The molecule has 1 aromatic heterocycles. The van der Waals surface area contributed by atoms with Gasteiger partial charge >= 0.3 is 0 Å². The van der Waals surface area contributed by atoms with Crippen molar-refractivity contribution < 1.29 is 0 Å². The van der Waals surface area contributed by atoms with Crippen molar-refractivity contribution in [2.45, 2.75) is 25.6 Å². The number of hydrogen-bond acceptors (Lipinski definition) is 3. The summed E-state index contributed by atoms with van der Waals surface area (Å²) in [5, 5.41) is 8.03. The van der Waals surface area contributed by atoms with Crippen molar-refractivity contribution in [2.75, 3.05) is 13.6 Å². The van der Waals surface area contributed by atoms with Crippen LogP contribution in [0.5, 0.6) is 0 Å². The lowest BCUT2D eigenvalue weighted by atomic mass is 9.95. The molecule has 1 N–H and O–H groups in total. The van der Waals surface area contributed by atoms with Crippen LogP contribution in [0.1, 0.15) is 16.7 Å². The molecule has 0 saturated heterocycles. The van der Waals surface area contributed by atoms with Crippen LogP contribution in [0.15, 0.2) is 41.1 Å². The largest absolute Gasteiger partial charge is 0.308 e. The Morgan fingerprint density at radius 3 is 2.89 bits per heavy atom. The van der Waals surface area contributed by atoms with Crippen molar-refractivity contribution in [2.24, 2.45) is 0 Å². The van der Waals surface area contributed by atoms with Gasteiger partial charge in [0.05, 0.1) is 0 Å². The zero-order chi connectivity index (χ0) is 13.1. The molecule has 19 heavy (non-hydrogen) atoms. The van der Waals surface area contributed by atoms with Crippen molar-refractivity contribution in [1.29, 1.82) is 0 Å². The lowest BCUT2D eigenvalue weighted by Gasteiger charge is -2.29. The third kappa shape index (κ3) is 3.24. The fourth-order valence-corrected chi connectivity index (χ4v) is 3.44. The second kappa shape index (κ2) is 5.87. The third-order valence-corrected chi connectivity index (χ3v) is 4.46. The Balaban J connectivity index is 1.57. The molecular formula is C16H20N2S. The van der Waals surface area contributed by atoms with Gasteiger partial charge in [-0.25, -0.2) is 0 Å². The normalized spacial score (nSPS) is 18.5. The quantitative estimate of drug-likeness (QED) is 0.920. The minimum Gasteiger partial charge on any atom is -0.308 e. The summed E-state index contributed by atoms with van der Waals surface area (Å²) in [5.74, 6) is 0. The minimum atomic E-state index is 0.568. The highest BCUT2D eigenvalue weighted by Crippen LogP contribution is 2.17. The molecule has 100 valence electrons. The molecule has 2 aromatic rings. The summed E-state index contributed by atoms with van der Waals surface area (Å²) in [4.78, 5) is 2.41. The Labute approximate surface area is 119 Å². The number of nitrogens with one attached hydrogen (secondary N) is 1. The van der Waals surface area contributed by atoms with E-state index in [1.54, 1.807) is 11.3 Å². The van der Waals surface area contributed by atoms with Crippen LogP contribution in [0.25, 0.3) is 0 Å². The maximum Gasteiger partial charge on any atom is 0.0239 e. The monoisotopic (exact) mass is 272 g/mol. The number of likely N-dealkylation sites (N-methyl/N-ethyl adjacent to an activating group) is 1. The maximum atomic E-state index is 3.65. The van der Waals surface area contributed by atoms with Gasteiger partial charge in [0.15, 0.2) is 0 Å². The average molecular weight is 272 g/mol. The number of thiophene rings is 1. The Hall–Kier alpha value is -1.16. The van der Waals surface area contributed by atoms with Gasteiger partial charge in [0.25, 0.3) is 0 Å². The highest BCUT2D eigenvalue weighted by Gasteiger charge is 2.18. The van der Waals surface area contributed by atoms with Crippen LogP contribution < -0.4 is 5.32 Å². The molecule has 1 atom stereocenters. The van der Waals surface area contributed by atoms with Crippen LogP contribution >= 0.6 is 11.3 Å². The summed E-state index contributed by atoms with van der Waals surface area (Å²) < 4.78 is 0. The Morgan fingerprint density at radius 2 is 2.11 bits per heavy atom. The smallest absolute Gasteiger partial charge is 0.0239 e. The second-order valence-corrected chi connectivity index (χ2v) is 6.16. The summed E-state index contributed by atoms with van der Waals surface area (Å²) in [5.41, 5.74) is 4.39. The fourth-order valence-electron chi connectivity index (χ4n) is 2.79. The molecule has 0 bridgehead atoms. The van der Waals surface area contributed by atoms with E-state index < -0.39 is 0 Å². The van der Waals surface area contributed by atoms with E-state index in [4.69, 9.17) is 0 Å². The highest BCUT2D eigenvalue weighted by molar-refractivity contribution is 7.07. The summed E-state index contributed by atoms with van der Waals surface area (Å²) in [6.07, 6.45) is 1.14. The molecule has 1 unspecified atom stereocenters. The third-order valence-electron chi connectivity index (χ3n) is 3.73. The Kier molecular flexibility index (Phi) is 3.97. The van der Waals surface area contributed by atoms with E-state index in [9.17, 15) is 0 Å². The Morgan fingerprint density at radius 1 is 1.26 bits per heavy atom. The maximum absolute atomic E-state index is 3.65. The van der Waals surface area contributed by atoms with E-state index in [0.717, 1.165) is 26.1 Å². The number of rotatable bonds is 4. The van der Waals surface area contributed by atoms with Crippen LogP contribution in [0, 0.1) is 0 Å². The molecule has 0 radical (unpaired) electrons. The number of fused-ring (bicyclic) bond motifs is 1. The number of hydrogen-bond donors (Lipinski definition) is 1. The Bertz CT molecular complexity index is 521. The molecule has 0 spiro atoms. The predicted molar refractivity (Wildman–Crippen MR) is 81.4 cm³/mol. The molecule has 1 aromatic carbocycles. The van der Waals surface area contributed by atoms with E-state index in [1.807, 2.05) is 0 Å². The lowest BCUT2D eigenvalue weighted by Crippen LogP contribution is -2.43. The van der Waals surface area contributed by atoms with Gasteiger partial charge in [-0.05, 0) is 47.0 Å². The van der Waals surface area contributed by atoms with Crippen LogP contribution in [0.3, 0.4) is 0 Å². The van der Waals surface area contributed by atoms with Gasteiger partial charge in [-0.15, -0.1) is 0 Å². The molecular weight excluding hydrogens is 252 g/mol. The minimum absolute atomic E-state index is 0.568. The van der Waals surface area contributed by atoms with Crippen LogP contribution in [0.4, 0.5) is 0 Å². The molecule has 0 fully saturated rings. The first kappa shape index (κ1) is 12.9. The van der Waals surface area contributed by atoms with Crippen molar-refractivity contribution in [3.63, 3.8) is 0 Å².